The summed E-state index contributed by atoms with van der Waals surface area (Å²) in [4.78, 5) is 40.1. The van der Waals surface area contributed by atoms with E-state index in [-0.39, 0.29) is 0 Å². The van der Waals surface area contributed by atoms with Crippen molar-refractivity contribution < 1.29 is 27.6 Å². The predicted molar refractivity (Wildman–Crippen MR) is 144 cm³/mol. The topological polar surface area (TPSA) is 66.5 Å². The molecule has 3 aliphatic carbocycles. The van der Waals surface area contributed by atoms with Crippen molar-refractivity contribution in [1.29, 1.82) is 0 Å². The highest BCUT2D eigenvalue weighted by Crippen LogP contribution is 2.69. The largest absolute Gasteiger partial charge is 0.418 e. The summed E-state index contributed by atoms with van der Waals surface area (Å²) in [7, 11) is 0. The minimum Gasteiger partial charge on any atom is -0.324 e. The van der Waals surface area contributed by atoms with E-state index in [2.05, 4.69) is 5.32 Å². The lowest BCUT2D eigenvalue weighted by molar-refractivity contribution is -0.148. The Morgan fingerprint density at radius 2 is 1.20 bits per heavy atom. The number of alkyl halides is 5. The van der Waals surface area contributed by atoms with Gasteiger partial charge in [-0.3, -0.25) is 19.3 Å². The number of carbonyl (C=O) groups excluding carboxylic acids is 3. The summed E-state index contributed by atoms with van der Waals surface area (Å²) in [6.07, 6.45) is -4.72. The molecule has 0 aromatic heterocycles. The van der Waals surface area contributed by atoms with Gasteiger partial charge in [0.05, 0.1) is 23.1 Å². The second-order valence-electron chi connectivity index (χ2n) is 10.7. The van der Waals surface area contributed by atoms with Crippen molar-refractivity contribution in [1.82, 2.24) is 4.90 Å². The maximum Gasteiger partial charge on any atom is 0.418 e. The summed E-state index contributed by atoms with van der Waals surface area (Å²) < 4.78 is 40.9. The number of likely N-dealkylation sites (tertiary alicyclic amines) is 1. The fourth-order valence-electron chi connectivity index (χ4n) is 6.73. The summed E-state index contributed by atoms with van der Waals surface area (Å²) in [6.45, 7) is 3.24. The number of imide groups is 1. The molecule has 206 valence electrons. The van der Waals surface area contributed by atoms with Crippen molar-refractivity contribution in [3.8, 4) is 0 Å². The van der Waals surface area contributed by atoms with Gasteiger partial charge in [-0.15, -0.1) is 23.2 Å². The van der Waals surface area contributed by atoms with Gasteiger partial charge in [-0.05, 0) is 40.3 Å². The monoisotopic (exact) mass is 586 g/mol. The molecule has 5 nitrogen and oxygen atoms in total. The molecule has 0 unspecified atom stereocenters. The van der Waals surface area contributed by atoms with E-state index < -0.39 is 68.7 Å². The van der Waals surface area contributed by atoms with Crippen LogP contribution in [-0.4, -0.2) is 28.7 Å². The van der Waals surface area contributed by atoms with E-state index in [1.54, 1.807) is 62.4 Å². The van der Waals surface area contributed by atoms with E-state index in [1.807, 2.05) is 0 Å². The molecule has 40 heavy (non-hydrogen) atoms. The van der Waals surface area contributed by atoms with Gasteiger partial charge in [-0.2, -0.15) is 13.2 Å². The van der Waals surface area contributed by atoms with E-state index >= 15 is 0 Å². The molecule has 4 aliphatic rings. The van der Waals surface area contributed by atoms with E-state index in [4.69, 9.17) is 23.2 Å². The normalized spacial score (nSPS) is 27.4. The number of amides is 3. The van der Waals surface area contributed by atoms with Gasteiger partial charge in [0.15, 0.2) is 0 Å². The third-order valence-electron chi connectivity index (χ3n) is 8.29. The van der Waals surface area contributed by atoms with Crippen molar-refractivity contribution in [3.63, 3.8) is 0 Å². The summed E-state index contributed by atoms with van der Waals surface area (Å²) in [6, 6.07) is 17.4. The molecular weight excluding hydrogens is 564 g/mol. The van der Waals surface area contributed by atoms with Crippen LogP contribution in [0.2, 0.25) is 0 Å². The molecular formula is C30H23Cl2F3N2O3. The Morgan fingerprint density at radius 1 is 0.800 bits per heavy atom. The van der Waals surface area contributed by atoms with Crippen LogP contribution in [0.3, 0.4) is 0 Å². The Morgan fingerprint density at radius 3 is 1.60 bits per heavy atom. The van der Waals surface area contributed by atoms with Crippen molar-refractivity contribution in [2.45, 2.75) is 35.8 Å². The van der Waals surface area contributed by atoms with Gasteiger partial charge in [0, 0.05) is 0 Å². The summed E-state index contributed by atoms with van der Waals surface area (Å²) in [5.74, 6) is -5.16. The average molecular weight is 587 g/mol. The highest BCUT2D eigenvalue weighted by Gasteiger charge is 2.73. The number of para-hydroxylation sites is 1. The Balaban J connectivity index is 1.47. The van der Waals surface area contributed by atoms with Gasteiger partial charge in [0.25, 0.3) is 0 Å². The molecule has 0 radical (unpaired) electrons. The van der Waals surface area contributed by atoms with Gasteiger partial charge in [-0.1, -0.05) is 74.5 Å². The van der Waals surface area contributed by atoms with Crippen molar-refractivity contribution in [2.75, 3.05) is 5.32 Å². The molecule has 1 saturated heterocycles. The van der Waals surface area contributed by atoms with Gasteiger partial charge in [0.2, 0.25) is 17.7 Å². The number of rotatable bonds is 4. The van der Waals surface area contributed by atoms with E-state index in [1.165, 1.54) is 12.1 Å². The highest BCUT2D eigenvalue weighted by atomic mass is 35.5. The number of hydrogen-bond acceptors (Lipinski definition) is 3. The Labute approximate surface area is 238 Å². The van der Waals surface area contributed by atoms with Gasteiger partial charge in [-0.25, -0.2) is 0 Å². The van der Waals surface area contributed by atoms with E-state index in [0.29, 0.717) is 22.3 Å². The quantitative estimate of drug-likeness (QED) is 0.290. The lowest BCUT2D eigenvalue weighted by Crippen LogP contribution is -2.57. The number of halogens is 5. The lowest BCUT2D eigenvalue weighted by Gasteiger charge is -2.54. The lowest BCUT2D eigenvalue weighted by atomic mass is 9.54. The maximum atomic E-state index is 14.2. The van der Waals surface area contributed by atoms with Crippen LogP contribution in [0.1, 0.15) is 41.7 Å². The molecule has 10 heteroatoms. The molecule has 0 saturated carbocycles. The van der Waals surface area contributed by atoms with Gasteiger partial charge in [0.1, 0.15) is 15.8 Å². The molecule has 7 rings (SSSR count). The highest BCUT2D eigenvalue weighted by molar-refractivity contribution is 6.36. The minimum absolute atomic E-state index is 0.468. The zero-order valence-electron chi connectivity index (χ0n) is 21.3. The van der Waals surface area contributed by atoms with Crippen LogP contribution < -0.4 is 5.32 Å². The molecule has 1 N–H and O–H groups in total. The van der Waals surface area contributed by atoms with Crippen molar-refractivity contribution >= 4 is 46.6 Å². The number of anilines is 1. The number of carbonyl (C=O) groups is 3. The first-order chi connectivity index (χ1) is 18.8. The van der Waals surface area contributed by atoms with Gasteiger partial charge < -0.3 is 5.32 Å². The molecule has 0 spiro atoms. The van der Waals surface area contributed by atoms with Gasteiger partial charge >= 0.3 is 6.18 Å². The molecule has 3 amide bonds. The third kappa shape index (κ3) is 3.38. The number of benzene rings is 3. The predicted octanol–water partition coefficient (Wildman–Crippen LogP) is 6.26. The number of nitrogens with zero attached hydrogens (tertiary/aromatic N) is 1. The minimum atomic E-state index is -4.72. The van der Waals surface area contributed by atoms with Crippen LogP contribution in [0.15, 0.2) is 72.8 Å². The zero-order chi connectivity index (χ0) is 28.8. The molecule has 2 bridgehead atoms. The van der Waals surface area contributed by atoms with Crippen LogP contribution in [-0.2, 0) is 30.3 Å². The Bertz CT molecular complexity index is 1470. The second kappa shape index (κ2) is 8.82. The van der Waals surface area contributed by atoms with Crippen LogP contribution in [0, 0.1) is 17.8 Å². The molecule has 3 aromatic carbocycles. The molecule has 3 aromatic rings. The molecule has 1 heterocycles. The summed E-state index contributed by atoms with van der Waals surface area (Å²) in [5, 5.41) is 2.32. The zero-order valence-corrected chi connectivity index (χ0v) is 22.8. The summed E-state index contributed by atoms with van der Waals surface area (Å²) >= 11 is 14.9. The number of hydrogen-bond donors (Lipinski definition) is 1. The fourth-order valence-corrected chi connectivity index (χ4v) is 7.82. The van der Waals surface area contributed by atoms with Crippen LogP contribution in [0.25, 0.3) is 0 Å². The first-order valence-electron chi connectivity index (χ1n) is 12.8. The standard InChI is InChI=1S/C30H23Cl2F3N2O3/c1-15(2)24(25(38)36-21-14-8-7-13-20(21)30(33,34)35)37-26(39)22-23(27(37)40)29(32)17-10-4-3-9-16(17)28(22,31)18-11-5-6-12-19(18)29/h3-15,22-24H,1-2H3,(H,36,38)/t22-,23-,24+,28?,29?/m1/s1. The summed E-state index contributed by atoms with van der Waals surface area (Å²) in [5.41, 5.74) is 0.934. The smallest absolute Gasteiger partial charge is 0.324 e. The number of nitrogens with one attached hydrogen (secondary N) is 1. The van der Waals surface area contributed by atoms with Crippen molar-refractivity contribution in [2.24, 2.45) is 17.8 Å². The van der Waals surface area contributed by atoms with Crippen LogP contribution in [0.4, 0.5) is 18.9 Å². The molecule has 3 atom stereocenters. The molecule has 1 fully saturated rings. The van der Waals surface area contributed by atoms with E-state index in [9.17, 15) is 27.6 Å². The fraction of sp³-hybridized carbons (Fsp3) is 0.300. The maximum absolute atomic E-state index is 14.2. The molecule has 1 aliphatic heterocycles. The first-order valence-corrected chi connectivity index (χ1v) is 13.5. The van der Waals surface area contributed by atoms with E-state index in [0.717, 1.165) is 17.0 Å². The SMILES string of the molecule is CC(C)[C@@H](C(=O)Nc1ccccc1C(F)(F)F)N1C(=O)[C@H]2[C@H](C1=O)C1(Cl)c3ccccc3C2(Cl)c2ccccc21. The Kier molecular flexibility index (Phi) is 5.92. The Hall–Kier alpha value is -3.36. The van der Waals surface area contributed by atoms with Crippen LogP contribution >= 0.6 is 23.2 Å². The van der Waals surface area contributed by atoms with Crippen molar-refractivity contribution in [3.05, 3.63) is 101 Å². The second-order valence-corrected chi connectivity index (χ2v) is 11.9. The average Bonchev–Trinajstić information content (AvgIpc) is 3.18. The van der Waals surface area contributed by atoms with Crippen LogP contribution in [0.5, 0.6) is 0 Å². The third-order valence-corrected chi connectivity index (χ3v) is 9.57. The first kappa shape index (κ1) is 26.8.